The lowest BCUT2D eigenvalue weighted by molar-refractivity contribution is 1.01. The van der Waals surface area contributed by atoms with E-state index in [9.17, 15) is 0 Å². The van der Waals surface area contributed by atoms with E-state index in [0.717, 1.165) is 0 Å². The fourth-order valence-electron chi connectivity index (χ4n) is 1.03. The molecular weight excluding hydrogens is 156 g/mol. The number of nitrogens with zero attached hydrogens (tertiary/aromatic N) is 4. The summed E-state index contributed by atoms with van der Waals surface area (Å²) in [6.07, 6.45) is 2.94. The van der Waals surface area contributed by atoms with E-state index < -0.39 is 0 Å². The summed E-state index contributed by atoms with van der Waals surface area (Å²) in [7, 11) is 1.78. The van der Waals surface area contributed by atoms with Gasteiger partial charge in [-0.1, -0.05) is 0 Å². The van der Waals surface area contributed by atoms with Gasteiger partial charge in [-0.25, -0.2) is 19.6 Å². The average molecular weight is 164 g/mol. The van der Waals surface area contributed by atoms with Crippen LogP contribution in [-0.4, -0.2) is 26.7 Å². The number of hydrogen-bond donors (Lipinski definition) is 2. The Hall–Kier alpha value is -1.85. The molecule has 0 bridgehead atoms. The largest absolute Gasteiger partial charge is 0.371 e. The van der Waals surface area contributed by atoms with Gasteiger partial charge in [0.25, 0.3) is 0 Å². The SMILES string of the molecule is CNc1ncnc2c1ncn2N. The molecule has 0 aliphatic carbocycles. The summed E-state index contributed by atoms with van der Waals surface area (Å²) in [5.74, 6) is 6.22. The standard InChI is InChI=1S/C6H8N6/c1-8-5-4-6(10-2-9-5)12(7)3-11-4/h2-3H,7H2,1H3,(H,8,9,10). The summed E-state index contributed by atoms with van der Waals surface area (Å²) in [5, 5.41) is 2.90. The molecule has 0 unspecified atom stereocenters. The second-order valence-corrected chi connectivity index (χ2v) is 2.30. The smallest absolute Gasteiger partial charge is 0.183 e. The van der Waals surface area contributed by atoms with Crippen LogP contribution in [0, 0.1) is 0 Å². The molecule has 3 N–H and O–H groups in total. The minimum absolute atomic E-state index is 0.620. The van der Waals surface area contributed by atoms with E-state index in [1.807, 2.05) is 0 Å². The van der Waals surface area contributed by atoms with Crippen LogP contribution in [0.2, 0.25) is 0 Å². The fourth-order valence-corrected chi connectivity index (χ4v) is 1.03. The molecule has 0 saturated heterocycles. The quantitative estimate of drug-likeness (QED) is 0.559. The van der Waals surface area contributed by atoms with Crippen LogP contribution in [0.25, 0.3) is 11.2 Å². The maximum Gasteiger partial charge on any atom is 0.183 e. The third-order valence-corrected chi connectivity index (χ3v) is 1.60. The van der Waals surface area contributed by atoms with Crippen molar-refractivity contribution in [3.05, 3.63) is 12.7 Å². The van der Waals surface area contributed by atoms with Crippen molar-refractivity contribution in [3.63, 3.8) is 0 Å². The van der Waals surface area contributed by atoms with E-state index in [4.69, 9.17) is 5.84 Å². The monoisotopic (exact) mass is 164 g/mol. The summed E-state index contributed by atoms with van der Waals surface area (Å²) in [6.45, 7) is 0. The highest BCUT2D eigenvalue weighted by Crippen LogP contribution is 2.13. The van der Waals surface area contributed by atoms with Crippen molar-refractivity contribution in [2.24, 2.45) is 0 Å². The summed E-state index contributed by atoms with van der Waals surface area (Å²) in [4.78, 5) is 12.0. The molecule has 2 aromatic heterocycles. The fraction of sp³-hybridized carbons (Fsp3) is 0.167. The Bertz CT molecular complexity index is 405. The minimum Gasteiger partial charge on any atom is -0.371 e. The van der Waals surface area contributed by atoms with Crippen LogP contribution < -0.4 is 11.2 Å². The van der Waals surface area contributed by atoms with Crippen molar-refractivity contribution in [1.82, 2.24) is 19.6 Å². The predicted octanol–water partition coefficient (Wildman–Crippen LogP) is -0.418. The molecule has 0 atom stereocenters. The predicted molar refractivity (Wildman–Crippen MR) is 45.0 cm³/mol. The topological polar surface area (TPSA) is 81.7 Å². The number of nitrogens with two attached hydrogens (primary N) is 1. The van der Waals surface area contributed by atoms with Crippen molar-refractivity contribution >= 4 is 17.0 Å². The van der Waals surface area contributed by atoms with Crippen LogP contribution in [0.4, 0.5) is 5.82 Å². The van der Waals surface area contributed by atoms with Gasteiger partial charge in [0.2, 0.25) is 0 Å². The van der Waals surface area contributed by atoms with Gasteiger partial charge in [-0.2, -0.15) is 0 Å². The lowest BCUT2D eigenvalue weighted by Gasteiger charge is -1.97. The molecule has 6 heteroatoms. The van der Waals surface area contributed by atoms with Gasteiger partial charge in [0.1, 0.15) is 12.7 Å². The Morgan fingerprint density at radius 1 is 1.42 bits per heavy atom. The van der Waals surface area contributed by atoms with E-state index in [-0.39, 0.29) is 0 Å². The summed E-state index contributed by atoms with van der Waals surface area (Å²) in [5.41, 5.74) is 1.30. The first-order valence-electron chi connectivity index (χ1n) is 3.44. The van der Waals surface area contributed by atoms with Gasteiger partial charge in [-0.05, 0) is 0 Å². The first kappa shape index (κ1) is 6.84. The minimum atomic E-state index is 0.620. The van der Waals surface area contributed by atoms with E-state index in [1.54, 1.807) is 7.05 Å². The molecule has 0 radical (unpaired) electrons. The molecule has 2 rings (SSSR count). The molecule has 62 valence electrons. The molecule has 0 aromatic carbocycles. The van der Waals surface area contributed by atoms with Gasteiger partial charge >= 0.3 is 0 Å². The van der Waals surface area contributed by atoms with E-state index in [1.165, 1.54) is 17.3 Å². The Morgan fingerprint density at radius 3 is 3.00 bits per heavy atom. The van der Waals surface area contributed by atoms with E-state index in [2.05, 4.69) is 20.3 Å². The Balaban J connectivity index is 2.81. The summed E-state index contributed by atoms with van der Waals surface area (Å²) < 4.78 is 1.36. The lowest BCUT2D eigenvalue weighted by Crippen LogP contribution is -2.06. The highest BCUT2D eigenvalue weighted by atomic mass is 15.3. The second kappa shape index (κ2) is 2.33. The molecule has 0 amide bonds. The molecule has 0 spiro atoms. The summed E-state index contributed by atoms with van der Waals surface area (Å²) >= 11 is 0. The molecule has 2 aromatic rings. The maximum atomic E-state index is 5.54. The van der Waals surface area contributed by atoms with Crippen LogP contribution in [-0.2, 0) is 0 Å². The van der Waals surface area contributed by atoms with Crippen molar-refractivity contribution in [1.29, 1.82) is 0 Å². The van der Waals surface area contributed by atoms with Gasteiger partial charge in [0, 0.05) is 7.05 Å². The van der Waals surface area contributed by atoms with Crippen molar-refractivity contribution in [3.8, 4) is 0 Å². The normalized spacial score (nSPS) is 10.4. The van der Waals surface area contributed by atoms with Crippen LogP contribution in [0.3, 0.4) is 0 Å². The Kier molecular flexibility index (Phi) is 1.33. The van der Waals surface area contributed by atoms with Crippen LogP contribution in [0.15, 0.2) is 12.7 Å². The highest BCUT2D eigenvalue weighted by molar-refractivity contribution is 5.82. The molecule has 0 saturated carbocycles. The molecule has 6 nitrogen and oxygen atoms in total. The first-order valence-corrected chi connectivity index (χ1v) is 3.44. The van der Waals surface area contributed by atoms with Gasteiger partial charge in [0.15, 0.2) is 17.0 Å². The highest BCUT2D eigenvalue weighted by Gasteiger charge is 2.05. The number of hydrogen-bond acceptors (Lipinski definition) is 5. The zero-order chi connectivity index (χ0) is 8.55. The van der Waals surface area contributed by atoms with Crippen LogP contribution in [0.5, 0.6) is 0 Å². The first-order chi connectivity index (χ1) is 5.83. The van der Waals surface area contributed by atoms with Crippen molar-refractivity contribution in [2.75, 3.05) is 18.2 Å². The third-order valence-electron chi connectivity index (χ3n) is 1.60. The van der Waals surface area contributed by atoms with E-state index >= 15 is 0 Å². The number of aromatic nitrogens is 4. The van der Waals surface area contributed by atoms with Crippen LogP contribution in [0.1, 0.15) is 0 Å². The van der Waals surface area contributed by atoms with E-state index in [0.29, 0.717) is 17.0 Å². The Morgan fingerprint density at radius 2 is 2.25 bits per heavy atom. The van der Waals surface area contributed by atoms with Crippen LogP contribution >= 0.6 is 0 Å². The van der Waals surface area contributed by atoms with Crippen molar-refractivity contribution in [2.45, 2.75) is 0 Å². The number of anilines is 1. The average Bonchev–Trinajstić information content (AvgIpc) is 2.48. The summed E-state index contributed by atoms with van der Waals surface area (Å²) in [6, 6.07) is 0. The number of rotatable bonds is 1. The third kappa shape index (κ3) is 0.777. The number of nitrogen functional groups attached to an aromatic ring is 1. The number of fused-ring (bicyclic) bond motifs is 1. The zero-order valence-electron chi connectivity index (χ0n) is 6.52. The van der Waals surface area contributed by atoms with Gasteiger partial charge in [-0.3, -0.25) is 0 Å². The molecule has 0 aliphatic rings. The molecule has 12 heavy (non-hydrogen) atoms. The zero-order valence-corrected chi connectivity index (χ0v) is 6.52. The molecular formula is C6H8N6. The Labute approximate surface area is 68.4 Å². The maximum absolute atomic E-state index is 5.54. The number of imidazole rings is 1. The van der Waals surface area contributed by atoms with Crippen molar-refractivity contribution < 1.29 is 0 Å². The molecule has 2 heterocycles. The second-order valence-electron chi connectivity index (χ2n) is 2.30. The van der Waals surface area contributed by atoms with Gasteiger partial charge < -0.3 is 11.2 Å². The van der Waals surface area contributed by atoms with Gasteiger partial charge in [-0.15, -0.1) is 0 Å². The lowest BCUT2D eigenvalue weighted by atomic mass is 10.5. The molecule has 0 fully saturated rings. The van der Waals surface area contributed by atoms with Gasteiger partial charge in [0.05, 0.1) is 0 Å². The number of nitrogens with one attached hydrogen (secondary N) is 1. The molecule has 0 aliphatic heterocycles.